The lowest BCUT2D eigenvalue weighted by molar-refractivity contribution is -0.121. The summed E-state index contributed by atoms with van der Waals surface area (Å²) in [5.41, 5.74) is 1.29. The first kappa shape index (κ1) is 8.90. The third-order valence-electron chi connectivity index (χ3n) is 3.69. The van der Waals surface area contributed by atoms with Gasteiger partial charge in [-0.15, -0.1) is 0 Å². The van der Waals surface area contributed by atoms with Gasteiger partial charge in [0.2, 0.25) is 0 Å². The van der Waals surface area contributed by atoms with Gasteiger partial charge in [0.05, 0.1) is 0 Å². The van der Waals surface area contributed by atoms with Crippen LogP contribution in [0.1, 0.15) is 24.3 Å². The Morgan fingerprint density at radius 2 is 1.87 bits per heavy atom. The summed E-state index contributed by atoms with van der Waals surface area (Å²) < 4.78 is 0. The van der Waals surface area contributed by atoms with Gasteiger partial charge in [-0.25, -0.2) is 0 Å². The summed E-state index contributed by atoms with van der Waals surface area (Å²) in [6, 6.07) is 10.4. The topological polar surface area (TPSA) is 17.1 Å². The number of rotatable bonds is 1. The molecule has 1 saturated carbocycles. The van der Waals surface area contributed by atoms with Crippen molar-refractivity contribution in [3.8, 4) is 0 Å². The van der Waals surface area contributed by atoms with Crippen LogP contribution in [0, 0.1) is 11.8 Å². The second-order valence-corrected chi connectivity index (χ2v) is 4.52. The molecule has 2 aliphatic carbocycles. The predicted molar refractivity (Wildman–Crippen MR) is 59.5 cm³/mol. The van der Waals surface area contributed by atoms with Crippen LogP contribution < -0.4 is 0 Å². The van der Waals surface area contributed by atoms with E-state index in [2.05, 4.69) is 36.4 Å². The van der Waals surface area contributed by atoms with Crippen molar-refractivity contribution in [1.82, 2.24) is 0 Å². The Balaban J connectivity index is 1.95. The highest BCUT2D eigenvalue weighted by Gasteiger charge is 2.41. The molecule has 1 nitrogen and oxygen atoms in total. The van der Waals surface area contributed by atoms with E-state index in [0.717, 1.165) is 12.8 Å². The van der Waals surface area contributed by atoms with Crippen molar-refractivity contribution in [2.45, 2.75) is 18.8 Å². The molecule has 0 bridgehead atoms. The van der Waals surface area contributed by atoms with Crippen molar-refractivity contribution in [2.24, 2.45) is 11.8 Å². The number of ketones is 1. The molecule has 3 atom stereocenters. The summed E-state index contributed by atoms with van der Waals surface area (Å²) >= 11 is 0. The predicted octanol–water partition coefficient (Wildman–Crippen LogP) is 2.94. The molecule has 1 aromatic rings. The smallest absolute Gasteiger partial charge is 0.137 e. The van der Waals surface area contributed by atoms with E-state index in [-0.39, 0.29) is 5.92 Å². The Kier molecular flexibility index (Phi) is 1.98. The average molecular weight is 198 g/mol. The van der Waals surface area contributed by atoms with Crippen molar-refractivity contribution >= 4 is 5.78 Å². The highest BCUT2D eigenvalue weighted by Crippen LogP contribution is 2.45. The molecular formula is C14H14O. The minimum absolute atomic E-state index is 0.243. The fraction of sp³-hybridized carbons (Fsp3) is 0.357. The van der Waals surface area contributed by atoms with E-state index >= 15 is 0 Å². The maximum absolute atomic E-state index is 11.8. The van der Waals surface area contributed by atoms with Gasteiger partial charge in [-0.1, -0.05) is 42.5 Å². The molecule has 0 heterocycles. The molecule has 76 valence electrons. The van der Waals surface area contributed by atoms with E-state index in [9.17, 15) is 4.79 Å². The summed E-state index contributed by atoms with van der Waals surface area (Å²) in [6.07, 6.45) is 6.31. The fourth-order valence-corrected chi connectivity index (χ4v) is 2.95. The zero-order valence-corrected chi connectivity index (χ0v) is 8.60. The van der Waals surface area contributed by atoms with E-state index in [1.807, 2.05) is 6.07 Å². The number of carbonyl (C=O) groups is 1. The molecule has 0 amide bonds. The molecule has 0 aromatic heterocycles. The van der Waals surface area contributed by atoms with Gasteiger partial charge in [0, 0.05) is 18.3 Å². The molecule has 1 heteroatoms. The number of fused-ring (bicyclic) bond motifs is 1. The van der Waals surface area contributed by atoms with Gasteiger partial charge in [0.25, 0.3) is 0 Å². The maximum atomic E-state index is 11.8. The maximum Gasteiger partial charge on any atom is 0.137 e. The van der Waals surface area contributed by atoms with Gasteiger partial charge in [-0.05, 0) is 17.9 Å². The van der Waals surface area contributed by atoms with Gasteiger partial charge in [-0.2, -0.15) is 0 Å². The van der Waals surface area contributed by atoms with Crippen LogP contribution in [-0.4, -0.2) is 5.78 Å². The van der Waals surface area contributed by atoms with Crippen LogP contribution in [0.25, 0.3) is 0 Å². The van der Waals surface area contributed by atoms with Crippen molar-refractivity contribution in [2.75, 3.05) is 0 Å². The van der Waals surface area contributed by atoms with Gasteiger partial charge in [0.1, 0.15) is 5.78 Å². The Bertz CT molecular complexity index is 405. The number of hydrogen-bond donors (Lipinski definition) is 0. The summed E-state index contributed by atoms with van der Waals surface area (Å²) in [5, 5.41) is 0. The fourth-order valence-electron chi connectivity index (χ4n) is 2.95. The van der Waals surface area contributed by atoms with Crippen LogP contribution in [0.3, 0.4) is 0 Å². The molecule has 0 N–H and O–H groups in total. The second kappa shape index (κ2) is 3.34. The average Bonchev–Trinajstić information content (AvgIpc) is 2.84. The van der Waals surface area contributed by atoms with E-state index in [1.54, 1.807) is 0 Å². The summed E-state index contributed by atoms with van der Waals surface area (Å²) in [7, 11) is 0. The number of carbonyl (C=O) groups excluding carboxylic acids is 1. The first-order valence-electron chi connectivity index (χ1n) is 5.62. The Labute approximate surface area is 89.8 Å². The SMILES string of the molecule is O=C1CC[C@H]2C=C[C@H](c3ccccc3)[C@@H]12. The third-order valence-corrected chi connectivity index (χ3v) is 3.69. The normalized spacial score (nSPS) is 33.3. The summed E-state index contributed by atoms with van der Waals surface area (Å²) in [4.78, 5) is 11.8. The molecule has 2 aliphatic rings. The van der Waals surface area contributed by atoms with E-state index < -0.39 is 0 Å². The lowest BCUT2D eigenvalue weighted by atomic mass is 9.85. The third kappa shape index (κ3) is 1.34. The number of hydrogen-bond acceptors (Lipinski definition) is 1. The van der Waals surface area contributed by atoms with Crippen molar-refractivity contribution in [1.29, 1.82) is 0 Å². The minimum Gasteiger partial charge on any atom is -0.299 e. The van der Waals surface area contributed by atoms with Crippen molar-refractivity contribution in [3.63, 3.8) is 0 Å². The summed E-state index contributed by atoms with van der Waals surface area (Å²) in [6.45, 7) is 0. The molecule has 15 heavy (non-hydrogen) atoms. The van der Waals surface area contributed by atoms with E-state index in [4.69, 9.17) is 0 Å². The van der Waals surface area contributed by atoms with Crippen LogP contribution in [0.5, 0.6) is 0 Å². The molecule has 1 aromatic carbocycles. The minimum atomic E-state index is 0.243. The second-order valence-electron chi connectivity index (χ2n) is 4.52. The van der Waals surface area contributed by atoms with Gasteiger partial charge in [-0.3, -0.25) is 4.79 Å². The lowest BCUT2D eigenvalue weighted by Crippen LogP contribution is -2.16. The van der Waals surface area contributed by atoms with Gasteiger partial charge >= 0.3 is 0 Å². The van der Waals surface area contributed by atoms with E-state index in [0.29, 0.717) is 17.6 Å². The molecule has 1 fully saturated rings. The number of allylic oxidation sites excluding steroid dienone is 2. The molecule has 3 rings (SSSR count). The van der Waals surface area contributed by atoms with Crippen LogP contribution >= 0.6 is 0 Å². The van der Waals surface area contributed by atoms with E-state index in [1.165, 1.54) is 5.56 Å². The molecule has 0 spiro atoms. The first-order valence-corrected chi connectivity index (χ1v) is 5.62. The standard InChI is InChI=1S/C14H14O/c15-13-9-7-11-6-8-12(14(11)13)10-4-2-1-3-5-10/h1-6,8,11-12,14H,7,9H2/t11-,12-,14+/m1/s1. The van der Waals surface area contributed by atoms with Gasteiger partial charge in [0.15, 0.2) is 0 Å². The monoisotopic (exact) mass is 198 g/mol. The van der Waals surface area contributed by atoms with Crippen LogP contribution in [0.15, 0.2) is 42.5 Å². The molecule has 0 saturated heterocycles. The number of benzene rings is 1. The zero-order chi connectivity index (χ0) is 10.3. The largest absolute Gasteiger partial charge is 0.299 e. The number of Topliss-reactive ketones (excluding diaryl/α,β-unsaturated/α-hetero) is 1. The Hall–Kier alpha value is -1.37. The highest BCUT2D eigenvalue weighted by molar-refractivity contribution is 5.85. The highest BCUT2D eigenvalue weighted by atomic mass is 16.1. The summed E-state index contributed by atoms with van der Waals surface area (Å²) in [5.74, 6) is 1.56. The molecular weight excluding hydrogens is 184 g/mol. The van der Waals surface area contributed by atoms with Crippen molar-refractivity contribution in [3.05, 3.63) is 48.0 Å². The van der Waals surface area contributed by atoms with Crippen LogP contribution in [-0.2, 0) is 4.79 Å². The molecule has 0 radical (unpaired) electrons. The van der Waals surface area contributed by atoms with Crippen molar-refractivity contribution < 1.29 is 4.79 Å². The zero-order valence-electron chi connectivity index (χ0n) is 8.60. The molecule has 0 aliphatic heterocycles. The lowest BCUT2D eigenvalue weighted by Gasteiger charge is -2.17. The Morgan fingerprint density at radius 3 is 2.67 bits per heavy atom. The van der Waals surface area contributed by atoms with Crippen LogP contribution in [0.4, 0.5) is 0 Å². The van der Waals surface area contributed by atoms with Gasteiger partial charge < -0.3 is 0 Å². The molecule has 0 unspecified atom stereocenters. The van der Waals surface area contributed by atoms with Crippen LogP contribution in [0.2, 0.25) is 0 Å². The Morgan fingerprint density at radius 1 is 1.07 bits per heavy atom. The quantitative estimate of drug-likeness (QED) is 0.634. The first-order chi connectivity index (χ1) is 7.36.